The van der Waals surface area contributed by atoms with Crippen LogP contribution < -0.4 is 0 Å². The van der Waals surface area contributed by atoms with Crippen molar-refractivity contribution in [2.24, 2.45) is 17.8 Å². The van der Waals surface area contributed by atoms with Gasteiger partial charge in [-0.2, -0.15) is 0 Å². The molecule has 1 nitrogen and oxygen atoms in total. The van der Waals surface area contributed by atoms with Crippen LogP contribution >= 0.6 is 0 Å². The molecule has 0 spiro atoms. The predicted molar refractivity (Wildman–Crippen MR) is 68.1 cm³/mol. The van der Waals surface area contributed by atoms with Gasteiger partial charge in [-0.25, -0.2) is 0 Å². The van der Waals surface area contributed by atoms with Crippen LogP contribution in [-0.4, -0.2) is 24.5 Å². The third kappa shape index (κ3) is 4.14. The molecule has 90 valence electrons. The van der Waals surface area contributed by atoms with Crippen LogP contribution in [0.3, 0.4) is 0 Å². The Balaban J connectivity index is 2.27. The van der Waals surface area contributed by atoms with Crippen molar-refractivity contribution in [1.29, 1.82) is 0 Å². The quantitative estimate of drug-likeness (QED) is 0.646. The summed E-state index contributed by atoms with van der Waals surface area (Å²) in [6, 6.07) is 0. The van der Waals surface area contributed by atoms with Crippen molar-refractivity contribution in [3.8, 4) is 0 Å². The van der Waals surface area contributed by atoms with Gasteiger partial charge in [0.1, 0.15) is 0 Å². The second kappa shape index (κ2) is 6.52. The molecule has 1 saturated heterocycles. The summed E-state index contributed by atoms with van der Waals surface area (Å²) in [6.07, 6.45) is 5.57. The molecular weight excluding hydrogens is 182 g/mol. The Hall–Kier alpha value is -0.0400. The molecule has 1 aliphatic rings. The van der Waals surface area contributed by atoms with Gasteiger partial charge in [0.15, 0.2) is 0 Å². The fraction of sp³-hybridized carbons (Fsp3) is 1.00. The SMILES string of the molecule is CCCC(C)C(C)C(C)CN1CCCC1. The van der Waals surface area contributed by atoms with Gasteiger partial charge in [0.2, 0.25) is 0 Å². The molecule has 1 rings (SSSR count). The Morgan fingerprint density at radius 3 is 2.13 bits per heavy atom. The Morgan fingerprint density at radius 2 is 1.60 bits per heavy atom. The van der Waals surface area contributed by atoms with Crippen molar-refractivity contribution in [2.45, 2.75) is 53.4 Å². The lowest BCUT2D eigenvalue weighted by Gasteiger charge is -2.29. The van der Waals surface area contributed by atoms with Gasteiger partial charge in [0.25, 0.3) is 0 Å². The molecule has 1 aliphatic heterocycles. The van der Waals surface area contributed by atoms with Crippen molar-refractivity contribution in [1.82, 2.24) is 4.90 Å². The first-order valence-electron chi connectivity index (χ1n) is 6.87. The Bertz CT molecular complexity index is 161. The van der Waals surface area contributed by atoms with E-state index in [0.29, 0.717) is 0 Å². The zero-order valence-electron chi connectivity index (χ0n) is 11.1. The minimum absolute atomic E-state index is 0.865. The zero-order chi connectivity index (χ0) is 11.3. The summed E-state index contributed by atoms with van der Waals surface area (Å²) in [4.78, 5) is 2.65. The topological polar surface area (TPSA) is 3.24 Å². The Morgan fingerprint density at radius 1 is 1.00 bits per heavy atom. The normalized spacial score (nSPS) is 24.0. The Kier molecular flexibility index (Phi) is 5.66. The summed E-state index contributed by atoms with van der Waals surface area (Å²) in [6.45, 7) is 13.6. The van der Waals surface area contributed by atoms with Gasteiger partial charge in [-0.05, 0) is 43.7 Å². The predicted octanol–water partition coefficient (Wildman–Crippen LogP) is 3.79. The van der Waals surface area contributed by atoms with E-state index in [0.717, 1.165) is 17.8 Å². The number of likely N-dealkylation sites (tertiary alicyclic amines) is 1. The molecule has 0 saturated carbocycles. The first-order chi connectivity index (χ1) is 7.15. The van der Waals surface area contributed by atoms with Crippen LogP contribution in [0.25, 0.3) is 0 Å². The van der Waals surface area contributed by atoms with Crippen LogP contribution in [0.4, 0.5) is 0 Å². The molecule has 0 radical (unpaired) electrons. The highest BCUT2D eigenvalue weighted by atomic mass is 15.1. The van der Waals surface area contributed by atoms with Gasteiger partial charge >= 0.3 is 0 Å². The number of nitrogens with zero attached hydrogens (tertiary/aromatic N) is 1. The number of rotatable bonds is 6. The average molecular weight is 211 g/mol. The smallest absolute Gasteiger partial charge is 0.000966 e. The first kappa shape index (κ1) is 13.0. The van der Waals surface area contributed by atoms with Gasteiger partial charge in [-0.1, -0.05) is 40.5 Å². The molecule has 0 aromatic carbocycles. The van der Waals surface area contributed by atoms with Crippen LogP contribution in [0, 0.1) is 17.8 Å². The van der Waals surface area contributed by atoms with Crippen LogP contribution in [-0.2, 0) is 0 Å². The fourth-order valence-electron chi connectivity index (χ4n) is 2.82. The van der Waals surface area contributed by atoms with E-state index in [9.17, 15) is 0 Å². The minimum atomic E-state index is 0.865. The van der Waals surface area contributed by atoms with E-state index in [-0.39, 0.29) is 0 Å². The summed E-state index contributed by atoms with van der Waals surface area (Å²) in [5.41, 5.74) is 0. The molecule has 1 fully saturated rings. The lowest BCUT2D eigenvalue weighted by atomic mass is 9.82. The van der Waals surface area contributed by atoms with E-state index in [1.54, 1.807) is 0 Å². The molecule has 0 N–H and O–H groups in total. The molecule has 3 atom stereocenters. The van der Waals surface area contributed by atoms with Crippen molar-refractivity contribution in [2.75, 3.05) is 19.6 Å². The van der Waals surface area contributed by atoms with E-state index < -0.39 is 0 Å². The van der Waals surface area contributed by atoms with Gasteiger partial charge < -0.3 is 4.90 Å². The second-order valence-electron chi connectivity index (χ2n) is 5.61. The summed E-state index contributed by atoms with van der Waals surface area (Å²) in [5.74, 6) is 2.64. The summed E-state index contributed by atoms with van der Waals surface area (Å²) in [7, 11) is 0. The van der Waals surface area contributed by atoms with Crippen molar-refractivity contribution in [3.63, 3.8) is 0 Å². The van der Waals surface area contributed by atoms with Crippen LogP contribution in [0.15, 0.2) is 0 Å². The largest absolute Gasteiger partial charge is 0.303 e. The van der Waals surface area contributed by atoms with E-state index in [1.165, 1.54) is 45.3 Å². The third-order valence-electron chi connectivity index (χ3n) is 4.28. The lowest BCUT2D eigenvalue weighted by molar-refractivity contribution is 0.195. The van der Waals surface area contributed by atoms with E-state index in [1.807, 2.05) is 0 Å². The van der Waals surface area contributed by atoms with Gasteiger partial charge in [0, 0.05) is 6.54 Å². The Labute approximate surface area is 96.2 Å². The summed E-state index contributed by atoms with van der Waals surface area (Å²) < 4.78 is 0. The maximum Gasteiger partial charge on any atom is 0.000966 e. The molecule has 0 bridgehead atoms. The minimum Gasteiger partial charge on any atom is -0.303 e. The number of hydrogen-bond acceptors (Lipinski definition) is 1. The van der Waals surface area contributed by atoms with Gasteiger partial charge in [-0.3, -0.25) is 0 Å². The highest BCUT2D eigenvalue weighted by Gasteiger charge is 2.22. The highest BCUT2D eigenvalue weighted by Crippen LogP contribution is 2.25. The molecule has 15 heavy (non-hydrogen) atoms. The molecule has 0 aromatic rings. The molecule has 1 heterocycles. The highest BCUT2D eigenvalue weighted by molar-refractivity contribution is 4.74. The number of hydrogen-bond donors (Lipinski definition) is 0. The van der Waals surface area contributed by atoms with Gasteiger partial charge in [0.05, 0.1) is 0 Å². The summed E-state index contributed by atoms with van der Waals surface area (Å²) >= 11 is 0. The molecule has 3 unspecified atom stereocenters. The molecule has 0 aromatic heterocycles. The monoisotopic (exact) mass is 211 g/mol. The van der Waals surface area contributed by atoms with Crippen LogP contribution in [0.1, 0.15) is 53.4 Å². The van der Waals surface area contributed by atoms with Crippen molar-refractivity contribution < 1.29 is 0 Å². The molecule has 0 amide bonds. The van der Waals surface area contributed by atoms with Gasteiger partial charge in [-0.15, -0.1) is 0 Å². The summed E-state index contributed by atoms with van der Waals surface area (Å²) in [5, 5.41) is 0. The van der Waals surface area contributed by atoms with Crippen LogP contribution in [0.5, 0.6) is 0 Å². The molecule has 0 aliphatic carbocycles. The van der Waals surface area contributed by atoms with Crippen molar-refractivity contribution >= 4 is 0 Å². The first-order valence-corrected chi connectivity index (χ1v) is 6.87. The molecule has 1 heteroatoms. The zero-order valence-corrected chi connectivity index (χ0v) is 11.1. The van der Waals surface area contributed by atoms with Crippen LogP contribution in [0.2, 0.25) is 0 Å². The van der Waals surface area contributed by atoms with E-state index in [4.69, 9.17) is 0 Å². The second-order valence-corrected chi connectivity index (χ2v) is 5.61. The maximum atomic E-state index is 2.65. The fourth-order valence-corrected chi connectivity index (χ4v) is 2.82. The molecular formula is C14H29N. The van der Waals surface area contributed by atoms with E-state index in [2.05, 4.69) is 32.6 Å². The third-order valence-corrected chi connectivity index (χ3v) is 4.28. The standard InChI is InChI=1S/C14H29N/c1-5-8-12(2)14(4)13(3)11-15-9-6-7-10-15/h12-14H,5-11H2,1-4H3. The lowest BCUT2D eigenvalue weighted by Crippen LogP contribution is -2.30. The average Bonchev–Trinajstić information content (AvgIpc) is 2.69. The van der Waals surface area contributed by atoms with E-state index >= 15 is 0 Å². The maximum absolute atomic E-state index is 2.65. The van der Waals surface area contributed by atoms with Crippen molar-refractivity contribution in [3.05, 3.63) is 0 Å².